The van der Waals surface area contributed by atoms with Crippen LogP contribution < -0.4 is 5.32 Å². The highest BCUT2D eigenvalue weighted by Gasteiger charge is 2.75. The van der Waals surface area contributed by atoms with Crippen molar-refractivity contribution in [3.05, 3.63) is 29.3 Å². The Morgan fingerprint density at radius 2 is 2.09 bits per heavy atom. The van der Waals surface area contributed by atoms with Crippen LogP contribution in [0.4, 0.5) is 5.69 Å². The van der Waals surface area contributed by atoms with Gasteiger partial charge >= 0.3 is 5.97 Å². The van der Waals surface area contributed by atoms with Gasteiger partial charge in [-0.1, -0.05) is 39.7 Å². The molecule has 1 aromatic rings. The number of unbranched alkanes of at least 4 members (excludes halogenated alkanes) is 2. The van der Waals surface area contributed by atoms with Crippen LogP contribution in [0.3, 0.4) is 0 Å². The monoisotopic (exact) mass is 558 g/mol. The average molecular weight is 560 g/mol. The molecule has 3 aliphatic rings. The number of nitrogens with zero attached hydrogens (tertiary/aromatic N) is 1. The van der Waals surface area contributed by atoms with Crippen LogP contribution in [0.25, 0.3) is 0 Å². The molecule has 7 nitrogen and oxygen atoms in total. The van der Waals surface area contributed by atoms with Gasteiger partial charge in [-0.15, -0.1) is 11.8 Å². The predicted molar refractivity (Wildman–Crippen MR) is 132 cm³/mol. The number of thioether (sulfide) groups is 1. The molecule has 180 valence electrons. The number of nitrogens with one attached hydrogen (secondary N) is 1. The third-order valence-electron chi connectivity index (χ3n) is 6.79. The molecule has 3 heterocycles. The van der Waals surface area contributed by atoms with Crippen molar-refractivity contribution in [3.8, 4) is 0 Å². The average Bonchev–Trinajstić information content (AvgIpc) is 3.36. The summed E-state index contributed by atoms with van der Waals surface area (Å²) in [6.07, 6.45) is 2.66. The Labute approximate surface area is 211 Å². The number of benzene rings is 1. The summed E-state index contributed by atoms with van der Waals surface area (Å²) < 4.78 is 4.63. The van der Waals surface area contributed by atoms with Crippen LogP contribution in [0.5, 0.6) is 0 Å². The van der Waals surface area contributed by atoms with Gasteiger partial charge in [0.1, 0.15) is 6.04 Å². The van der Waals surface area contributed by atoms with Crippen LogP contribution in [0, 0.1) is 11.8 Å². The van der Waals surface area contributed by atoms with Gasteiger partial charge in [0.15, 0.2) is 0 Å². The molecule has 3 unspecified atom stereocenters. The normalized spacial score (nSPS) is 32.2. The lowest BCUT2D eigenvalue weighted by Gasteiger charge is -2.35. The fourth-order valence-electron chi connectivity index (χ4n) is 5.51. The first-order valence-electron chi connectivity index (χ1n) is 11.3. The van der Waals surface area contributed by atoms with Crippen LogP contribution >= 0.6 is 39.3 Å². The van der Waals surface area contributed by atoms with Crippen LogP contribution in [0.1, 0.15) is 32.6 Å². The smallest absolute Gasteiger partial charge is 0.310 e. The van der Waals surface area contributed by atoms with Crippen molar-refractivity contribution < 1.29 is 24.2 Å². The second-order valence-electron chi connectivity index (χ2n) is 8.70. The molecule has 0 aromatic heterocycles. The molecule has 0 saturated carbocycles. The number of hydrogen-bond donors (Lipinski definition) is 2. The maximum absolute atomic E-state index is 13.7. The third kappa shape index (κ3) is 4.30. The van der Waals surface area contributed by atoms with Crippen LogP contribution in [-0.2, 0) is 19.1 Å². The number of rotatable bonds is 9. The number of anilines is 1. The summed E-state index contributed by atoms with van der Waals surface area (Å²) >= 11 is 11.6. The minimum atomic E-state index is -0.727. The van der Waals surface area contributed by atoms with E-state index in [9.17, 15) is 14.4 Å². The number of hydrogen-bond acceptors (Lipinski definition) is 6. The van der Waals surface area contributed by atoms with Gasteiger partial charge in [0.2, 0.25) is 11.8 Å². The number of carbonyl (C=O) groups excluding carboxylic acids is 3. The predicted octanol–water partition coefficient (Wildman–Crippen LogP) is 3.47. The zero-order chi connectivity index (χ0) is 23.8. The molecule has 1 aromatic carbocycles. The number of halogens is 2. The summed E-state index contributed by atoms with van der Waals surface area (Å²) in [5.74, 6) is -2.00. The minimum Gasteiger partial charge on any atom is -0.466 e. The van der Waals surface area contributed by atoms with Crippen molar-refractivity contribution in [1.29, 1.82) is 0 Å². The van der Waals surface area contributed by atoms with Gasteiger partial charge in [0.25, 0.3) is 0 Å². The lowest BCUT2D eigenvalue weighted by Crippen LogP contribution is -2.52. The number of para-hydroxylation sites is 1. The summed E-state index contributed by atoms with van der Waals surface area (Å²) in [4.78, 5) is 42.0. The number of likely N-dealkylation sites (tertiary alicyclic amines) is 1. The van der Waals surface area contributed by atoms with E-state index < -0.39 is 22.6 Å². The Kier molecular flexibility index (Phi) is 7.63. The summed E-state index contributed by atoms with van der Waals surface area (Å²) in [7, 11) is 0. The van der Waals surface area contributed by atoms with E-state index in [1.165, 1.54) is 0 Å². The fraction of sp³-hybridized carbons (Fsp3) is 0.609. The topological polar surface area (TPSA) is 95.9 Å². The van der Waals surface area contributed by atoms with Crippen LogP contribution in [-0.4, -0.2) is 68.4 Å². The summed E-state index contributed by atoms with van der Waals surface area (Å²) in [5, 5.41) is 12.3. The number of ether oxygens (including phenoxy) is 1. The molecule has 2 bridgehead atoms. The van der Waals surface area contributed by atoms with Crippen molar-refractivity contribution in [2.75, 3.05) is 25.1 Å². The zero-order valence-corrected chi connectivity index (χ0v) is 21.5. The first kappa shape index (κ1) is 24.8. The second-order valence-corrected chi connectivity index (χ2v) is 11.8. The number of aliphatic hydroxyl groups is 1. The number of amides is 2. The number of fused-ring (bicyclic) bond motifs is 1. The molecular formula is C23H28BrClN2O5S. The van der Waals surface area contributed by atoms with Gasteiger partial charge < -0.3 is 20.1 Å². The van der Waals surface area contributed by atoms with Gasteiger partial charge in [-0.05, 0) is 44.7 Å². The van der Waals surface area contributed by atoms with Gasteiger partial charge in [-0.2, -0.15) is 0 Å². The van der Waals surface area contributed by atoms with E-state index in [2.05, 4.69) is 21.2 Å². The molecule has 2 N–H and O–H groups in total. The van der Waals surface area contributed by atoms with Gasteiger partial charge in [-0.3, -0.25) is 14.4 Å². The van der Waals surface area contributed by atoms with E-state index >= 15 is 0 Å². The van der Waals surface area contributed by atoms with Gasteiger partial charge in [-0.25, -0.2) is 0 Å². The van der Waals surface area contributed by atoms with E-state index in [4.69, 9.17) is 21.4 Å². The van der Waals surface area contributed by atoms with E-state index in [1.54, 1.807) is 47.9 Å². The molecule has 3 aliphatic heterocycles. The molecule has 1 spiro atoms. The van der Waals surface area contributed by atoms with E-state index in [0.717, 1.165) is 6.42 Å². The Morgan fingerprint density at radius 1 is 1.33 bits per heavy atom. The van der Waals surface area contributed by atoms with Crippen molar-refractivity contribution in [3.63, 3.8) is 0 Å². The van der Waals surface area contributed by atoms with Gasteiger partial charge in [0, 0.05) is 23.2 Å². The molecule has 33 heavy (non-hydrogen) atoms. The summed E-state index contributed by atoms with van der Waals surface area (Å²) in [6, 6.07) is 6.27. The highest BCUT2D eigenvalue weighted by Crippen LogP contribution is 2.67. The highest BCUT2D eigenvalue weighted by molar-refractivity contribution is 9.09. The molecular weight excluding hydrogens is 532 g/mol. The standard InChI is InChI=1S/C23H28BrClN2O5S/c1-2-32-22(31)16-17-21(30)27(10-6-3-7-11-28)19(23(17)12-13(24)18(16)33-23)20(29)26-15-9-5-4-8-14(15)25/h4-5,8-9,13,16-19,28H,2-3,6-7,10-12H2,1H3,(H,26,29)/t13?,16-,17+,18-,19?,23?/m1/s1. The van der Waals surface area contributed by atoms with Crippen LogP contribution in [0.15, 0.2) is 24.3 Å². The maximum Gasteiger partial charge on any atom is 0.310 e. The molecule has 0 radical (unpaired) electrons. The number of esters is 1. The minimum absolute atomic E-state index is 0.00547. The molecule has 3 fully saturated rings. The van der Waals surface area contributed by atoms with Crippen LogP contribution in [0.2, 0.25) is 5.02 Å². The molecule has 2 amide bonds. The van der Waals surface area contributed by atoms with E-state index in [1.807, 2.05) is 0 Å². The summed E-state index contributed by atoms with van der Waals surface area (Å²) in [6.45, 7) is 2.48. The van der Waals surface area contributed by atoms with Crippen molar-refractivity contribution in [1.82, 2.24) is 4.90 Å². The van der Waals surface area contributed by atoms with E-state index in [-0.39, 0.29) is 41.1 Å². The SMILES string of the molecule is CCOC(=O)[C@H]1[C@@H]2SC3(CC2Br)C(C(=O)Nc2ccccc2Cl)N(CCCCCO)C(=O)[C@H]13. The first-order valence-corrected chi connectivity index (χ1v) is 13.5. The highest BCUT2D eigenvalue weighted by atomic mass is 79.9. The molecule has 6 atom stereocenters. The second kappa shape index (κ2) is 10.1. The Balaban J connectivity index is 1.68. The maximum atomic E-state index is 13.7. The number of aliphatic hydroxyl groups excluding tert-OH is 1. The third-order valence-corrected chi connectivity index (χ3v) is 10.3. The Bertz CT molecular complexity index is 936. The van der Waals surface area contributed by atoms with Gasteiger partial charge in [0.05, 0.1) is 33.9 Å². The lowest BCUT2D eigenvalue weighted by atomic mass is 9.71. The zero-order valence-electron chi connectivity index (χ0n) is 18.3. The van der Waals surface area contributed by atoms with Crippen molar-refractivity contribution in [2.45, 2.75) is 53.5 Å². The molecule has 0 aliphatic carbocycles. The van der Waals surface area contributed by atoms with Crippen molar-refractivity contribution >= 4 is 62.8 Å². The van der Waals surface area contributed by atoms with E-state index in [0.29, 0.717) is 36.5 Å². The lowest BCUT2D eigenvalue weighted by molar-refractivity contribution is -0.153. The Morgan fingerprint density at radius 3 is 2.79 bits per heavy atom. The quantitative estimate of drug-likeness (QED) is 0.273. The van der Waals surface area contributed by atoms with Crippen molar-refractivity contribution in [2.24, 2.45) is 11.8 Å². The largest absolute Gasteiger partial charge is 0.466 e. The summed E-state index contributed by atoms with van der Waals surface area (Å²) in [5.41, 5.74) is 0.492. The molecule has 4 rings (SSSR count). The number of carbonyl (C=O) groups is 3. The molecule has 10 heteroatoms. The Hall–Kier alpha value is -1.29. The number of alkyl halides is 1. The first-order chi connectivity index (χ1) is 15.9. The fourth-order valence-corrected chi connectivity index (χ4v) is 9.30. The molecule has 3 saturated heterocycles.